The molecule has 2 aromatic heterocycles. The summed E-state index contributed by atoms with van der Waals surface area (Å²) in [5, 5.41) is 14.8. The van der Waals surface area contributed by atoms with Gasteiger partial charge in [-0.05, 0) is 77.9 Å². The molecule has 0 atom stereocenters. The maximum absolute atomic E-state index is 10.3. The van der Waals surface area contributed by atoms with Crippen molar-refractivity contribution in [2.45, 2.75) is 0 Å². The van der Waals surface area contributed by atoms with E-state index in [0.717, 1.165) is 66.5 Å². The van der Waals surface area contributed by atoms with E-state index in [1.807, 2.05) is 84.9 Å². The van der Waals surface area contributed by atoms with E-state index in [4.69, 9.17) is 16.0 Å². The summed E-state index contributed by atoms with van der Waals surface area (Å²) < 4.78 is 15.6. The highest BCUT2D eigenvalue weighted by molar-refractivity contribution is 6.11. The number of rotatable bonds is 5. The van der Waals surface area contributed by atoms with Crippen LogP contribution in [0.15, 0.2) is 121 Å². The number of nitriles is 1. The van der Waals surface area contributed by atoms with E-state index in [2.05, 4.69) is 56.4 Å². The molecule has 218 valence electrons. The Bertz CT molecular complexity index is 2410. The minimum absolute atomic E-state index is 0.472. The van der Waals surface area contributed by atoms with Gasteiger partial charge in [0.15, 0.2) is 5.69 Å². The summed E-state index contributed by atoms with van der Waals surface area (Å²) in [4.78, 5) is 3.90. The molecular formula is C40H26N4O2. The smallest absolute Gasteiger partial charge is 0.195 e. The SMILES string of the molecule is [C-]#[N+]c1ccc(-n2c3ccccc3c3ccc(OC)cc32)cc1-c1cc(-n2c3ccccc3c3ccc(OC)cc32)ccc1C#N. The van der Waals surface area contributed by atoms with Crippen LogP contribution in [0, 0.1) is 17.9 Å². The third-order valence-corrected chi connectivity index (χ3v) is 8.79. The van der Waals surface area contributed by atoms with Crippen LogP contribution in [0.2, 0.25) is 0 Å². The molecule has 2 heterocycles. The van der Waals surface area contributed by atoms with Crippen molar-refractivity contribution in [3.05, 3.63) is 138 Å². The maximum Gasteiger partial charge on any atom is 0.195 e. The van der Waals surface area contributed by atoms with Crippen molar-refractivity contribution in [2.24, 2.45) is 0 Å². The number of methoxy groups -OCH3 is 2. The molecule has 0 spiro atoms. The largest absolute Gasteiger partial charge is 0.497 e. The van der Waals surface area contributed by atoms with Crippen LogP contribution >= 0.6 is 0 Å². The van der Waals surface area contributed by atoms with Crippen molar-refractivity contribution in [3.8, 4) is 40.1 Å². The van der Waals surface area contributed by atoms with Crippen molar-refractivity contribution in [1.82, 2.24) is 9.13 Å². The summed E-state index contributed by atoms with van der Waals surface area (Å²) in [6.07, 6.45) is 0. The number of nitrogens with zero attached hydrogens (tertiary/aromatic N) is 4. The lowest BCUT2D eigenvalue weighted by atomic mass is 9.97. The van der Waals surface area contributed by atoms with Crippen LogP contribution in [0.1, 0.15) is 5.56 Å². The van der Waals surface area contributed by atoms with Gasteiger partial charge in [-0.25, -0.2) is 4.85 Å². The highest BCUT2D eigenvalue weighted by Gasteiger charge is 2.19. The summed E-state index contributed by atoms with van der Waals surface area (Å²) in [6, 6.07) is 42.8. The fraction of sp³-hybridized carbons (Fsp3) is 0.0500. The highest BCUT2D eigenvalue weighted by atomic mass is 16.5. The zero-order valence-electron chi connectivity index (χ0n) is 25.2. The van der Waals surface area contributed by atoms with E-state index >= 15 is 0 Å². The molecule has 0 aliphatic rings. The van der Waals surface area contributed by atoms with Gasteiger partial charge in [0.2, 0.25) is 0 Å². The first-order chi connectivity index (χ1) is 22.6. The van der Waals surface area contributed by atoms with Gasteiger partial charge < -0.3 is 18.6 Å². The fourth-order valence-electron chi connectivity index (χ4n) is 6.68. The first kappa shape index (κ1) is 27.1. The molecule has 6 heteroatoms. The minimum Gasteiger partial charge on any atom is -0.497 e. The van der Waals surface area contributed by atoms with E-state index in [1.165, 1.54) is 0 Å². The predicted molar refractivity (Wildman–Crippen MR) is 185 cm³/mol. The Morgan fingerprint density at radius 1 is 0.565 bits per heavy atom. The molecule has 0 aliphatic carbocycles. The van der Waals surface area contributed by atoms with Crippen molar-refractivity contribution < 1.29 is 9.47 Å². The predicted octanol–water partition coefficient (Wildman–Crippen LogP) is 9.99. The van der Waals surface area contributed by atoms with Gasteiger partial charge in [-0.3, -0.25) is 0 Å². The Morgan fingerprint density at radius 3 is 1.59 bits per heavy atom. The second kappa shape index (κ2) is 10.6. The zero-order chi connectivity index (χ0) is 31.4. The molecule has 0 aliphatic heterocycles. The van der Waals surface area contributed by atoms with Crippen LogP contribution in [0.25, 0.3) is 71.0 Å². The Morgan fingerprint density at radius 2 is 1.07 bits per heavy atom. The Hall–Kier alpha value is -6.50. The summed E-state index contributed by atoms with van der Waals surface area (Å²) in [5.74, 6) is 1.52. The second-order valence-electron chi connectivity index (χ2n) is 11.1. The summed E-state index contributed by atoms with van der Waals surface area (Å²) in [5.41, 5.74) is 8.20. The van der Waals surface area contributed by atoms with E-state index in [-0.39, 0.29) is 0 Å². The molecule has 0 N–H and O–H groups in total. The summed E-state index contributed by atoms with van der Waals surface area (Å²) in [6.45, 7) is 8.08. The van der Waals surface area contributed by atoms with Crippen LogP contribution in [0.4, 0.5) is 5.69 Å². The Balaban J connectivity index is 1.40. The van der Waals surface area contributed by atoms with Gasteiger partial charge in [0.25, 0.3) is 0 Å². The monoisotopic (exact) mass is 594 g/mol. The lowest BCUT2D eigenvalue weighted by Gasteiger charge is -2.15. The van der Waals surface area contributed by atoms with Crippen LogP contribution in [0.5, 0.6) is 11.5 Å². The van der Waals surface area contributed by atoms with Gasteiger partial charge in [-0.15, -0.1) is 0 Å². The van der Waals surface area contributed by atoms with Crippen molar-refractivity contribution in [2.75, 3.05) is 14.2 Å². The van der Waals surface area contributed by atoms with E-state index < -0.39 is 0 Å². The zero-order valence-corrected chi connectivity index (χ0v) is 25.2. The first-order valence-corrected chi connectivity index (χ1v) is 14.8. The second-order valence-corrected chi connectivity index (χ2v) is 11.1. The topological polar surface area (TPSA) is 56.5 Å². The van der Waals surface area contributed by atoms with Gasteiger partial charge >= 0.3 is 0 Å². The molecule has 0 unspecified atom stereocenters. The molecule has 46 heavy (non-hydrogen) atoms. The number of hydrogen-bond acceptors (Lipinski definition) is 3. The molecule has 0 amide bonds. The van der Waals surface area contributed by atoms with Crippen LogP contribution < -0.4 is 9.47 Å². The molecule has 8 aromatic rings. The lowest BCUT2D eigenvalue weighted by Crippen LogP contribution is -1.98. The maximum atomic E-state index is 10.3. The van der Waals surface area contributed by atoms with E-state index in [9.17, 15) is 5.26 Å². The third kappa shape index (κ3) is 4.02. The quantitative estimate of drug-likeness (QED) is 0.186. The van der Waals surface area contributed by atoms with Crippen molar-refractivity contribution in [3.63, 3.8) is 0 Å². The van der Waals surface area contributed by atoms with Gasteiger partial charge in [0.05, 0.1) is 54.5 Å². The number of benzene rings is 6. The molecule has 6 aromatic carbocycles. The van der Waals surface area contributed by atoms with Crippen molar-refractivity contribution in [1.29, 1.82) is 5.26 Å². The molecular weight excluding hydrogens is 568 g/mol. The molecule has 8 rings (SSSR count). The molecule has 0 radical (unpaired) electrons. The molecule has 0 saturated heterocycles. The molecule has 0 saturated carbocycles. The number of aromatic nitrogens is 2. The van der Waals surface area contributed by atoms with Crippen molar-refractivity contribution >= 4 is 49.3 Å². The Labute approximate surface area is 265 Å². The van der Waals surface area contributed by atoms with Gasteiger partial charge in [-0.2, -0.15) is 5.26 Å². The highest BCUT2D eigenvalue weighted by Crippen LogP contribution is 2.41. The fourth-order valence-corrected chi connectivity index (χ4v) is 6.68. The number of para-hydroxylation sites is 2. The summed E-state index contributed by atoms with van der Waals surface area (Å²) in [7, 11) is 3.33. The lowest BCUT2D eigenvalue weighted by molar-refractivity contribution is 0.415. The van der Waals surface area contributed by atoms with Crippen LogP contribution in [-0.2, 0) is 0 Å². The molecule has 0 fully saturated rings. The normalized spacial score (nSPS) is 11.2. The minimum atomic E-state index is 0.472. The van der Waals surface area contributed by atoms with E-state index in [0.29, 0.717) is 22.4 Å². The van der Waals surface area contributed by atoms with Gasteiger partial charge in [0.1, 0.15) is 11.5 Å². The average Bonchev–Trinajstić information content (AvgIpc) is 3.63. The number of hydrogen-bond donors (Lipinski definition) is 0. The number of ether oxygens (including phenoxy) is 2. The van der Waals surface area contributed by atoms with Gasteiger partial charge in [-0.1, -0.05) is 42.5 Å². The summed E-state index contributed by atoms with van der Waals surface area (Å²) >= 11 is 0. The molecule has 0 bridgehead atoms. The first-order valence-electron chi connectivity index (χ1n) is 14.8. The third-order valence-electron chi connectivity index (χ3n) is 8.79. The van der Waals surface area contributed by atoms with Crippen LogP contribution in [0.3, 0.4) is 0 Å². The average molecular weight is 595 g/mol. The Kier molecular flexibility index (Phi) is 6.23. The van der Waals surface area contributed by atoms with Crippen LogP contribution in [-0.4, -0.2) is 23.4 Å². The standard InChI is InChI=1S/C40H26N4O2/c1-42-36-19-14-27(44-38-11-7-5-9-31(38)33-18-16-29(46-3)23-40(33)44)21-35(36)34-20-26(13-12-25(34)24-41)43-37-10-6-4-8-30(37)32-17-15-28(45-2)22-39(32)43/h4-23H,2-3H3. The number of fused-ring (bicyclic) bond motifs is 6. The van der Waals surface area contributed by atoms with Gasteiger partial charge in [0, 0.05) is 45.1 Å². The molecule has 6 nitrogen and oxygen atoms in total. The van der Waals surface area contributed by atoms with E-state index in [1.54, 1.807) is 14.2 Å².